The molecule has 0 saturated heterocycles. The van der Waals surface area contributed by atoms with Crippen molar-refractivity contribution < 1.29 is 9.21 Å². The third-order valence-corrected chi connectivity index (χ3v) is 6.70. The fourth-order valence-electron chi connectivity index (χ4n) is 4.77. The fourth-order valence-corrected chi connectivity index (χ4v) is 4.77. The van der Waals surface area contributed by atoms with Crippen LogP contribution in [0.5, 0.6) is 0 Å². The minimum atomic E-state index is -0.143. The van der Waals surface area contributed by atoms with Gasteiger partial charge in [-0.05, 0) is 67.6 Å². The summed E-state index contributed by atoms with van der Waals surface area (Å²) in [6.07, 6.45) is 10.5. The van der Waals surface area contributed by atoms with E-state index in [4.69, 9.17) is 9.68 Å². The molecule has 9 nitrogen and oxygen atoms in total. The number of carbonyl (C=O) groups excluding carboxylic acids is 1. The Morgan fingerprint density at radius 2 is 1.92 bits per heavy atom. The maximum atomic E-state index is 13.4. The van der Waals surface area contributed by atoms with Gasteiger partial charge >= 0.3 is 6.03 Å². The lowest BCUT2D eigenvalue weighted by atomic mass is 9.89. The number of hydrogen-bond donors (Lipinski definition) is 2. The van der Waals surface area contributed by atoms with E-state index in [1.54, 1.807) is 23.2 Å². The Morgan fingerprint density at radius 3 is 2.54 bits per heavy atom. The lowest BCUT2D eigenvalue weighted by Gasteiger charge is -2.37. The minimum Gasteiger partial charge on any atom is -0.467 e. The Bertz CT molecular complexity index is 1350. The fraction of sp³-hybridized carbons (Fsp3) is 0.286. The molecule has 1 aromatic carbocycles. The smallest absolute Gasteiger partial charge is 0.322 e. The number of aryl methyl sites for hydroxylation is 1. The van der Waals surface area contributed by atoms with Gasteiger partial charge in [-0.25, -0.2) is 9.78 Å². The van der Waals surface area contributed by atoms with Gasteiger partial charge in [0.15, 0.2) is 0 Å². The lowest BCUT2D eigenvalue weighted by Crippen LogP contribution is -2.48. The highest BCUT2D eigenvalue weighted by atomic mass is 16.3. The molecule has 0 unspecified atom stereocenters. The Balaban J connectivity index is 1.29. The number of nitriles is 1. The number of amides is 2. The number of rotatable bonds is 7. The average Bonchev–Trinajstić information content (AvgIpc) is 3.61. The molecule has 188 valence electrons. The zero-order chi connectivity index (χ0) is 25.6. The van der Waals surface area contributed by atoms with Crippen molar-refractivity contribution in [3.05, 3.63) is 84.7 Å². The topological polar surface area (TPSA) is 112 Å². The molecule has 0 spiro atoms. The molecular weight excluding hydrogens is 466 g/mol. The molecule has 1 saturated carbocycles. The predicted molar refractivity (Wildman–Crippen MR) is 141 cm³/mol. The number of hydrogen-bond acceptors (Lipinski definition) is 6. The van der Waals surface area contributed by atoms with Crippen molar-refractivity contribution in [2.75, 3.05) is 10.2 Å². The first-order valence-electron chi connectivity index (χ1n) is 12.4. The highest BCUT2D eigenvalue weighted by molar-refractivity contribution is 5.93. The predicted octanol–water partition coefficient (Wildman–Crippen LogP) is 5.09. The zero-order valence-corrected chi connectivity index (χ0v) is 20.7. The van der Waals surface area contributed by atoms with Crippen LogP contribution in [0.25, 0.3) is 11.1 Å². The summed E-state index contributed by atoms with van der Waals surface area (Å²) >= 11 is 0. The zero-order valence-electron chi connectivity index (χ0n) is 20.7. The molecule has 1 aliphatic rings. The number of nitrogens with one attached hydrogen (secondary N) is 2. The summed E-state index contributed by atoms with van der Waals surface area (Å²) in [6, 6.07) is 17.6. The summed E-state index contributed by atoms with van der Waals surface area (Å²) in [6.45, 7) is 0.331. The van der Waals surface area contributed by atoms with Gasteiger partial charge in [-0.15, -0.1) is 0 Å². The Morgan fingerprint density at radius 1 is 1.11 bits per heavy atom. The van der Waals surface area contributed by atoms with Crippen LogP contribution in [-0.4, -0.2) is 32.9 Å². The summed E-state index contributed by atoms with van der Waals surface area (Å²) in [5.41, 5.74) is 3.48. The van der Waals surface area contributed by atoms with E-state index in [1.807, 2.05) is 66.8 Å². The first kappa shape index (κ1) is 24.1. The molecule has 1 fully saturated rings. The molecule has 9 heteroatoms. The second-order valence-corrected chi connectivity index (χ2v) is 9.25. The molecule has 37 heavy (non-hydrogen) atoms. The first-order chi connectivity index (χ1) is 18.1. The van der Waals surface area contributed by atoms with Gasteiger partial charge in [0.1, 0.15) is 17.6 Å². The molecule has 0 aliphatic heterocycles. The quantitative estimate of drug-likeness (QED) is 0.370. The molecule has 0 bridgehead atoms. The van der Waals surface area contributed by atoms with Gasteiger partial charge in [0.25, 0.3) is 0 Å². The SMILES string of the molecule is Cn1cc(-c2ccc(N(C(=O)NCc3ccco3)[C@H]3CC[C@H](Nc4ccc(C#N)cn4)CC3)cc2)cn1. The Labute approximate surface area is 215 Å². The van der Waals surface area contributed by atoms with Gasteiger partial charge in [-0.2, -0.15) is 10.4 Å². The van der Waals surface area contributed by atoms with E-state index in [2.05, 4.69) is 26.8 Å². The van der Waals surface area contributed by atoms with E-state index in [1.165, 1.54) is 0 Å². The second kappa shape index (κ2) is 11.0. The molecule has 2 N–H and O–H groups in total. The van der Waals surface area contributed by atoms with Crippen LogP contribution in [0, 0.1) is 11.3 Å². The molecule has 0 radical (unpaired) electrons. The van der Waals surface area contributed by atoms with Crippen molar-refractivity contribution >= 4 is 17.5 Å². The van der Waals surface area contributed by atoms with Crippen LogP contribution in [0.3, 0.4) is 0 Å². The van der Waals surface area contributed by atoms with Crippen molar-refractivity contribution in [2.24, 2.45) is 7.05 Å². The van der Waals surface area contributed by atoms with E-state index < -0.39 is 0 Å². The molecular formula is C28H29N7O2. The summed E-state index contributed by atoms with van der Waals surface area (Å²) in [5, 5.41) is 19.7. The second-order valence-electron chi connectivity index (χ2n) is 9.25. The number of pyridine rings is 1. The number of anilines is 2. The molecule has 2 amide bonds. The lowest BCUT2D eigenvalue weighted by molar-refractivity contribution is 0.239. The summed E-state index contributed by atoms with van der Waals surface area (Å²) in [7, 11) is 1.89. The van der Waals surface area contributed by atoms with Crippen LogP contribution >= 0.6 is 0 Å². The highest BCUT2D eigenvalue weighted by Crippen LogP contribution is 2.31. The first-order valence-corrected chi connectivity index (χ1v) is 12.4. The largest absolute Gasteiger partial charge is 0.467 e. The van der Waals surface area contributed by atoms with E-state index in [-0.39, 0.29) is 18.1 Å². The van der Waals surface area contributed by atoms with Crippen molar-refractivity contribution in [3.8, 4) is 17.2 Å². The van der Waals surface area contributed by atoms with Crippen LogP contribution in [0.2, 0.25) is 0 Å². The minimum absolute atomic E-state index is 0.0628. The van der Waals surface area contributed by atoms with Gasteiger partial charge in [-0.3, -0.25) is 9.58 Å². The van der Waals surface area contributed by atoms with Crippen LogP contribution < -0.4 is 15.5 Å². The van der Waals surface area contributed by atoms with Gasteiger partial charge in [0.2, 0.25) is 0 Å². The molecule has 4 aromatic rings. The summed E-state index contributed by atoms with van der Waals surface area (Å²) in [4.78, 5) is 19.7. The molecule has 0 atom stereocenters. The van der Waals surface area contributed by atoms with Crippen LogP contribution in [-0.2, 0) is 13.6 Å². The van der Waals surface area contributed by atoms with Crippen molar-refractivity contribution in [3.63, 3.8) is 0 Å². The van der Waals surface area contributed by atoms with Crippen molar-refractivity contribution in [1.29, 1.82) is 5.26 Å². The normalized spacial score (nSPS) is 17.1. The van der Waals surface area contributed by atoms with E-state index in [0.29, 0.717) is 17.9 Å². The number of carbonyl (C=O) groups is 1. The van der Waals surface area contributed by atoms with Crippen LogP contribution in [0.15, 0.2) is 77.8 Å². The van der Waals surface area contributed by atoms with E-state index in [9.17, 15) is 4.79 Å². The number of urea groups is 1. The highest BCUT2D eigenvalue weighted by Gasteiger charge is 2.30. The average molecular weight is 496 g/mol. The van der Waals surface area contributed by atoms with E-state index >= 15 is 0 Å². The number of nitrogens with zero attached hydrogens (tertiary/aromatic N) is 5. The summed E-state index contributed by atoms with van der Waals surface area (Å²) in [5.74, 6) is 1.48. The van der Waals surface area contributed by atoms with Gasteiger partial charge in [0.05, 0.1) is 24.6 Å². The number of furan rings is 1. The van der Waals surface area contributed by atoms with Gasteiger partial charge < -0.3 is 15.1 Å². The molecule has 5 rings (SSSR count). The Kier molecular flexibility index (Phi) is 7.17. The Hall–Kier alpha value is -4.58. The number of benzene rings is 1. The van der Waals surface area contributed by atoms with E-state index in [0.717, 1.165) is 48.3 Å². The molecule has 1 aliphatic carbocycles. The van der Waals surface area contributed by atoms with Crippen molar-refractivity contribution in [2.45, 2.75) is 44.3 Å². The standard InChI is InChI=1S/C28H29N7O2/c1-34-19-22(17-32-34)21-5-9-24(10-6-21)35(28(36)31-18-26-3-2-14-37-26)25-11-7-23(8-12-25)33-27-13-4-20(15-29)16-30-27/h2-6,9-10,13-14,16-17,19,23,25H,7-8,11-12,18H2,1H3,(H,30,33)(H,31,36)/t23-,25-. The maximum absolute atomic E-state index is 13.4. The number of aromatic nitrogens is 3. The van der Waals surface area contributed by atoms with Crippen LogP contribution in [0.1, 0.15) is 37.0 Å². The third-order valence-electron chi connectivity index (χ3n) is 6.70. The van der Waals surface area contributed by atoms with Gasteiger partial charge in [-0.1, -0.05) is 12.1 Å². The molecule has 3 aromatic heterocycles. The monoisotopic (exact) mass is 495 g/mol. The van der Waals surface area contributed by atoms with Crippen LogP contribution in [0.4, 0.5) is 16.3 Å². The molecule has 3 heterocycles. The third kappa shape index (κ3) is 5.81. The summed E-state index contributed by atoms with van der Waals surface area (Å²) < 4.78 is 7.17. The maximum Gasteiger partial charge on any atom is 0.322 e. The van der Waals surface area contributed by atoms with Crippen molar-refractivity contribution in [1.82, 2.24) is 20.1 Å². The van der Waals surface area contributed by atoms with Gasteiger partial charge in [0, 0.05) is 42.8 Å².